The Balaban J connectivity index is 1.25. The molecule has 7 aromatic carbocycles. The van der Waals surface area contributed by atoms with Gasteiger partial charge in [-0.15, -0.1) is 0 Å². The van der Waals surface area contributed by atoms with E-state index in [1.807, 2.05) is 66.7 Å². The Hall–Kier alpha value is -6.98. The number of hydrogen-bond acceptors (Lipinski definition) is 5. The zero-order chi connectivity index (χ0) is 33.7. The molecule has 0 saturated carbocycles. The number of furan rings is 2. The Bertz CT molecular complexity index is 2840. The van der Waals surface area contributed by atoms with Crippen LogP contribution in [0.5, 0.6) is 0 Å². The normalized spacial score (nSPS) is 11.5. The fourth-order valence-electron chi connectivity index (χ4n) is 7.11. The van der Waals surface area contributed by atoms with Crippen molar-refractivity contribution in [3.05, 3.63) is 176 Å². The van der Waals surface area contributed by atoms with Crippen molar-refractivity contribution in [3.8, 4) is 33.8 Å². The van der Waals surface area contributed by atoms with Crippen LogP contribution in [0.3, 0.4) is 0 Å². The molecular weight excluding hydrogens is 627 g/mol. The predicted molar refractivity (Wildman–Crippen MR) is 208 cm³/mol. The molecule has 10 aromatic rings. The summed E-state index contributed by atoms with van der Waals surface area (Å²) in [4.78, 5) is 12.8. The lowest BCUT2D eigenvalue weighted by atomic mass is 10.0. The first-order valence-electron chi connectivity index (χ1n) is 17.0. The van der Waals surface area contributed by atoms with Crippen molar-refractivity contribution in [2.45, 2.75) is 0 Å². The van der Waals surface area contributed by atoms with Crippen molar-refractivity contribution in [1.29, 1.82) is 0 Å². The molecule has 51 heavy (non-hydrogen) atoms. The maximum absolute atomic E-state index is 6.61. The Morgan fingerprint density at radius 1 is 0.412 bits per heavy atom. The van der Waals surface area contributed by atoms with Crippen LogP contribution >= 0.6 is 0 Å². The predicted octanol–water partition coefficient (Wildman–Crippen LogP) is 12.7. The molecule has 0 unspecified atom stereocenters. The third-order valence-corrected chi connectivity index (χ3v) is 9.48. The monoisotopic (exact) mass is 655 g/mol. The molecule has 3 heterocycles. The number of fused-ring (bicyclic) bond motifs is 6. The van der Waals surface area contributed by atoms with Crippen molar-refractivity contribution >= 4 is 61.1 Å². The van der Waals surface area contributed by atoms with E-state index in [-0.39, 0.29) is 0 Å². The van der Waals surface area contributed by atoms with Crippen LogP contribution in [0.2, 0.25) is 0 Å². The lowest BCUT2D eigenvalue weighted by molar-refractivity contribution is 0.667. The fraction of sp³-hybridized carbons (Fsp3) is 0. The van der Waals surface area contributed by atoms with Gasteiger partial charge in [0.1, 0.15) is 28.0 Å². The summed E-state index contributed by atoms with van der Waals surface area (Å²) in [7, 11) is 0. The lowest BCUT2D eigenvalue weighted by Crippen LogP contribution is -2.10. The van der Waals surface area contributed by atoms with E-state index >= 15 is 0 Å². The maximum Gasteiger partial charge on any atom is 0.180 e. The third kappa shape index (κ3) is 4.94. The van der Waals surface area contributed by atoms with Crippen molar-refractivity contribution < 1.29 is 8.83 Å². The minimum Gasteiger partial charge on any atom is -0.456 e. The summed E-state index contributed by atoms with van der Waals surface area (Å²) in [6, 6.07) is 60.3. The number of para-hydroxylation sites is 3. The van der Waals surface area contributed by atoms with E-state index in [2.05, 4.69) is 114 Å². The van der Waals surface area contributed by atoms with Crippen LogP contribution in [-0.4, -0.2) is 9.97 Å². The van der Waals surface area contributed by atoms with E-state index in [0.29, 0.717) is 11.4 Å². The number of benzene rings is 7. The Morgan fingerprint density at radius 2 is 0.980 bits per heavy atom. The van der Waals surface area contributed by atoms with Crippen LogP contribution in [0.15, 0.2) is 185 Å². The summed E-state index contributed by atoms with van der Waals surface area (Å²) in [5.41, 5.74) is 11.7. The molecule has 240 valence electrons. The highest BCUT2D eigenvalue weighted by Gasteiger charge is 2.23. The zero-order valence-electron chi connectivity index (χ0n) is 27.4. The Labute approximate surface area is 293 Å². The lowest BCUT2D eigenvalue weighted by Gasteiger charge is -2.26. The molecule has 0 aliphatic rings. The van der Waals surface area contributed by atoms with Crippen molar-refractivity contribution in [2.75, 3.05) is 4.90 Å². The van der Waals surface area contributed by atoms with Crippen LogP contribution < -0.4 is 4.90 Å². The molecule has 0 N–H and O–H groups in total. The van der Waals surface area contributed by atoms with Crippen LogP contribution in [0, 0.1) is 0 Å². The van der Waals surface area contributed by atoms with Gasteiger partial charge in [0.05, 0.1) is 5.69 Å². The van der Waals surface area contributed by atoms with Gasteiger partial charge in [0.25, 0.3) is 0 Å². The largest absolute Gasteiger partial charge is 0.456 e. The van der Waals surface area contributed by atoms with Crippen molar-refractivity contribution in [3.63, 3.8) is 0 Å². The Kier molecular flexibility index (Phi) is 6.74. The van der Waals surface area contributed by atoms with Crippen molar-refractivity contribution in [2.24, 2.45) is 0 Å². The summed E-state index contributed by atoms with van der Waals surface area (Å²) in [6.45, 7) is 0. The number of anilines is 3. The first kappa shape index (κ1) is 29.0. The second-order valence-electron chi connectivity index (χ2n) is 12.6. The molecule has 0 saturated heterocycles. The van der Waals surface area contributed by atoms with Gasteiger partial charge in [0.2, 0.25) is 0 Å². The van der Waals surface area contributed by atoms with E-state index in [1.165, 1.54) is 5.56 Å². The molecular formula is C46H29N3O2. The van der Waals surface area contributed by atoms with Gasteiger partial charge >= 0.3 is 0 Å². The molecule has 5 heteroatoms. The average Bonchev–Trinajstić information content (AvgIpc) is 3.77. The topological polar surface area (TPSA) is 55.3 Å². The molecule has 0 amide bonds. The molecule has 0 aliphatic carbocycles. The van der Waals surface area contributed by atoms with Crippen LogP contribution in [-0.2, 0) is 0 Å². The van der Waals surface area contributed by atoms with E-state index in [1.54, 1.807) is 0 Å². The number of aromatic nitrogens is 2. The highest BCUT2D eigenvalue weighted by atomic mass is 16.3. The molecule has 0 spiro atoms. The number of hydrogen-bond donors (Lipinski definition) is 0. The van der Waals surface area contributed by atoms with Gasteiger partial charge in [-0.25, -0.2) is 9.97 Å². The van der Waals surface area contributed by atoms with Crippen molar-refractivity contribution in [1.82, 2.24) is 9.97 Å². The average molecular weight is 656 g/mol. The molecule has 5 nitrogen and oxygen atoms in total. The quantitative estimate of drug-likeness (QED) is 0.178. The van der Waals surface area contributed by atoms with Gasteiger partial charge in [0, 0.05) is 44.7 Å². The molecule has 10 rings (SSSR count). The highest BCUT2D eigenvalue weighted by molar-refractivity contribution is 6.14. The van der Waals surface area contributed by atoms with E-state index in [9.17, 15) is 0 Å². The summed E-state index contributed by atoms with van der Waals surface area (Å²) >= 11 is 0. The molecule has 0 radical (unpaired) electrons. The second kappa shape index (κ2) is 11.9. The van der Waals surface area contributed by atoms with Crippen LogP contribution in [0.1, 0.15) is 0 Å². The van der Waals surface area contributed by atoms with Gasteiger partial charge in [-0.3, -0.25) is 0 Å². The van der Waals surface area contributed by atoms with Crippen LogP contribution in [0.25, 0.3) is 77.8 Å². The second-order valence-corrected chi connectivity index (χ2v) is 12.6. The maximum atomic E-state index is 6.61. The zero-order valence-corrected chi connectivity index (χ0v) is 27.4. The summed E-state index contributed by atoms with van der Waals surface area (Å²) < 4.78 is 13.0. The fourth-order valence-corrected chi connectivity index (χ4v) is 7.11. The van der Waals surface area contributed by atoms with Gasteiger partial charge < -0.3 is 13.7 Å². The molecule has 0 fully saturated rings. The van der Waals surface area contributed by atoms with Gasteiger partial charge in [-0.1, -0.05) is 121 Å². The molecule has 0 aliphatic heterocycles. The molecule has 3 aromatic heterocycles. The molecule has 0 bridgehead atoms. The summed E-state index contributed by atoms with van der Waals surface area (Å²) in [6.07, 6.45) is 0. The smallest absolute Gasteiger partial charge is 0.180 e. The first-order valence-corrected chi connectivity index (χ1v) is 17.0. The van der Waals surface area contributed by atoms with E-state index in [4.69, 9.17) is 18.8 Å². The van der Waals surface area contributed by atoms with E-state index in [0.717, 1.165) is 77.9 Å². The van der Waals surface area contributed by atoms with E-state index < -0.39 is 0 Å². The highest BCUT2D eigenvalue weighted by Crippen LogP contribution is 2.44. The standard InChI is InChI=1S/C46H29N3O2/c1-4-14-30(15-5-1)31-24-26-34(27-25-31)49(33-18-8-3-9-19-33)35-28-38(42-36-20-10-12-22-39(36)50-41(42)29-35)46-47-43(32-16-6-2-7-17-32)45-44(48-46)37-21-11-13-23-40(37)51-45/h1-29H. The van der Waals surface area contributed by atoms with Gasteiger partial charge in [-0.05, 0) is 59.7 Å². The van der Waals surface area contributed by atoms with Gasteiger partial charge in [0.15, 0.2) is 11.4 Å². The number of rotatable bonds is 6. The minimum atomic E-state index is 0.596. The molecule has 0 atom stereocenters. The first-order chi connectivity index (χ1) is 25.3. The minimum absolute atomic E-state index is 0.596. The third-order valence-electron chi connectivity index (χ3n) is 9.48. The Morgan fingerprint density at radius 3 is 1.71 bits per heavy atom. The number of nitrogens with zero attached hydrogens (tertiary/aromatic N) is 3. The summed E-state index contributed by atoms with van der Waals surface area (Å²) in [5.74, 6) is 0.596. The van der Waals surface area contributed by atoms with Gasteiger partial charge in [-0.2, -0.15) is 0 Å². The SMILES string of the molecule is c1ccc(-c2ccc(N(c3ccccc3)c3cc(-c4nc(-c5ccccc5)c5oc6ccccc6c5n4)c4c(c3)oc3ccccc34)cc2)cc1. The van der Waals surface area contributed by atoms with Crippen LogP contribution in [0.4, 0.5) is 17.1 Å². The summed E-state index contributed by atoms with van der Waals surface area (Å²) in [5, 5.41) is 2.92.